The van der Waals surface area contributed by atoms with Gasteiger partial charge < -0.3 is 4.90 Å². The third kappa shape index (κ3) is 2.20. The van der Waals surface area contributed by atoms with E-state index in [9.17, 15) is 14.0 Å². The second kappa shape index (κ2) is 5.13. The fourth-order valence-corrected chi connectivity index (χ4v) is 3.29. The number of hydrogen-bond donors (Lipinski definition) is 0. The minimum absolute atomic E-state index is 0.0840. The van der Waals surface area contributed by atoms with Crippen molar-refractivity contribution in [2.75, 3.05) is 11.4 Å². The Balaban J connectivity index is 2.01. The van der Waals surface area contributed by atoms with Crippen LogP contribution in [0.1, 0.15) is 31.7 Å². The van der Waals surface area contributed by atoms with Crippen molar-refractivity contribution in [3.05, 3.63) is 29.6 Å². The number of rotatable bonds is 1. The van der Waals surface area contributed by atoms with Gasteiger partial charge in [-0.05, 0) is 50.8 Å². The van der Waals surface area contributed by atoms with Crippen LogP contribution in [0.25, 0.3) is 0 Å². The molecule has 1 aromatic carbocycles. The number of fused-ring (bicyclic) bond motifs is 1. The van der Waals surface area contributed by atoms with E-state index >= 15 is 0 Å². The first kappa shape index (κ1) is 14.0. The molecule has 2 atom stereocenters. The predicted molar refractivity (Wildman–Crippen MR) is 77.4 cm³/mol. The lowest BCUT2D eigenvalue weighted by Crippen LogP contribution is -2.65. The van der Waals surface area contributed by atoms with Crippen LogP contribution in [0.2, 0.25) is 0 Å². The van der Waals surface area contributed by atoms with Gasteiger partial charge in [0.05, 0.1) is 5.69 Å². The van der Waals surface area contributed by atoms with Gasteiger partial charge in [-0.15, -0.1) is 0 Å². The zero-order valence-electron chi connectivity index (χ0n) is 12.3. The number of carbonyl (C=O) groups excluding carboxylic acids is 2. The second-order valence-electron chi connectivity index (χ2n) is 5.88. The first-order valence-corrected chi connectivity index (χ1v) is 7.40. The Morgan fingerprint density at radius 2 is 1.95 bits per heavy atom. The van der Waals surface area contributed by atoms with E-state index in [1.807, 2.05) is 0 Å². The quantitative estimate of drug-likeness (QED) is 0.796. The van der Waals surface area contributed by atoms with Crippen molar-refractivity contribution in [3.8, 4) is 0 Å². The normalized spacial score (nSPS) is 26.0. The molecule has 21 heavy (non-hydrogen) atoms. The SMILES string of the molecule is Cc1ccc(N2C(=O)C3CCCCN3C(=O)C2C)c(F)c1. The van der Waals surface area contributed by atoms with Crippen molar-refractivity contribution in [2.24, 2.45) is 0 Å². The summed E-state index contributed by atoms with van der Waals surface area (Å²) in [7, 11) is 0. The summed E-state index contributed by atoms with van der Waals surface area (Å²) in [5, 5.41) is 0. The number of carbonyl (C=O) groups is 2. The Labute approximate surface area is 123 Å². The van der Waals surface area contributed by atoms with Crippen LogP contribution < -0.4 is 4.90 Å². The highest BCUT2D eigenvalue weighted by molar-refractivity contribution is 6.08. The average molecular weight is 290 g/mol. The lowest BCUT2D eigenvalue weighted by molar-refractivity contribution is -0.147. The number of anilines is 1. The predicted octanol–water partition coefficient (Wildman–Crippen LogP) is 2.25. The van der Waals surface area contributed by atoms with Crippen molar-refractivity contribution < 1.29 is 14.0 Å². The van der Waals surface area contributed by atoms with Gasteiger partial charge in [0.15, 0.2) is 0 Å². The van der Waals surface area contributed by atoms with Crippen LogP contribution in [0.4, 0.5) is 10.1 Å². The van der Waals surface area contributed by atoms with E-state index in [1.165, 1.54) is 11.0 Å². The highest BCUT2D eigenvalue weighted by Gasteiger charge is 2.45. The van der Waals surface area contributed by atoms with Crippen molar-refractivity contribution in [3.63, 3.8) is 0 Å². The number of aryl methyl sites for hydroxylation is 1. The summed E-state index contributed by atoms with van der Waals surface area (Å²) >= 11 is 0. The molecule has 0 aromatic heterocycles. The molecular formula is C16H19FN2O2. The summed E-state index contributed by atoms with van der Waals surface area (Å²) in [6.45, 7) is 4.09. The molecule has 5 heteroatoms. The molecule has 1 aromatic rings. The molecule has 112 valence electrons. The molecule has 0 radical (unpaired) electrons. The molecule has 2 saturated heterocycles. The molecule has 2 fully saturated rings. The maximum Gasteiger partial charge on any atom is 0.250 e. The van der Waals surface area contributed by atoms with Crippen LogP contribution in [0.5, 0.6) is 0 Å². The number of benzene rings is 1. The molecule has 0 spiro atoms. The molecule has 2 aliphatic heterocycles. The molecule has 4 nitrogen and oxygen atoms in total. The lowest BCUT2D eigenvalue weighted by Gasteiger charge is -2.46. The van der Waals surface area contributed by atoms with Gasteiger partial charge in [-0.25, -0.2) is 4.39 Å². The second-order valence-corrected chi connectivity index (χ2v) is 5.88. The molecule has 0 N–H and O–H groups in total. The Morgan fingerprint density at radius 1 is 1.19 bits per heavy atom. The smallest absolute Gasteiger partial charge is 0.250 e. The number of piperidine rings is 1. The maximum atomic E-state index is 14.2. The summed E-state index contributed by atoms with van der Waals surface area (Å²) in [6, 6.07) is 3.67. The topological polar surface area (TPSA) is 40.6 Å². The molecule has 3 rings (SSSR count). The summed E-state index contributed by atoms with van der Waals surface area (Å²) < 4.78 is 14.2. The van der Waals surface area contributed by atoms with E-state index in [-0.39, 0.29) is 17.5 Å². The van der Waals surface area contributed by atoms with Gasteiger partial charge in [0.2, 0.25) is 5.91 Å². The number of nitrogens with zero attached hydrogens (tertiary/aromatic N) is 2. The highest BCUT2D eigenvalue weighted by atomic mass is 19.1. The van der Waals surface area contributed by atoms with Gasteiger partial charge in [-0.1, -0.05) is 6.07 Å². The Hall–Kier alpha value is -1.91. The number of hydrogen-bond acceptors (Lipinski definition) is 2. The van der Waals surface area contributed by atoms with Gasteiger partial charge in [0.25, 0.3) is 5.91 Å². The van der Waals surface area contributed by atoms with E-state index in [0.29, 0.717) is 13.0 Å². The average Bonchev–Trinajstić information content (AvgIpc) is 2.47. The van der Waals surface area contributed by atoms with E-state index in [4.69, 9.17) is 0 Å². The highest BCUT2D eigenvalue weighted by Crippen LogP contribution is 2.31. The van der Waals surface area contributed by atoms with Crippen LogP contribution in [0.15, 0.2) is 18.2 Å². The molecule has 2 amide bonds. The standard InChI is InChI=1S/C16H19FN2O2/c1-10-6-7-13(12(17)9-10)19-11(2)15(20)18-8-4-3-5-14(18)16(19)21/h6-7,9,11,14H,3-5,8H2,1-2H3. The number of halogens is 1. The van der Waals surface area contributed by atoms with Crippen LogP contribution in [-0.2, 0) is 9.59 Å². The third-order valence-electron chi connectivity index (χ3n) is 4.42. The molecule has 0 bridgehead atoms. The zero-order valence-corrected chi connectivity index (χ0v) is 12.3. The lowest BCUT2D eigenvalue weighted by atomic mass is 9.95. The Morgan fingerprint density at radius 3 is 2.67 bits per heavy atom. The van der Waals surface area contributed by atoms with Crippen LogP contribution >= 0.6 is 0 Å². The molecule has 0 aliphatic carbocycles. The van der Waals surface area contributed by atoms with Crippen LogP contribution in [0.3, 0.4) is 0 Å². The largest absolute Gasteiger partial charge is 0.329 e. The van der Waals surface area contributed by atoms with E-state index in [1.54, 1.807) is 30.9 Å². The monoisotopic (exact) mass is 290 g/mol. The van der Waals surface area contributed by atoms with Gasteiger partial charge in [0, 0.05) is 6.54 Å². The fourth-order valence-electron chi connectivity index (χ4n) is 3.29. The Kier molecular flexibility index (Phi) is 3.43. The van der Waals surface area contributed by atoms with Crippen LogP contribution in [0, 0.1) is 12.7 Å². The van der Waals surface area contributed by atoms with Gasteiger partial charge in [-0.3, -0.25) is 14.5 Å². The fraction of sp³-hybridized carbons (Fsp3) is 0.500. The van der Waals surface area contributed by atoms with Crippen molar-refractivity contribution >= 4 is 17.5 Å². The van der Waals surface area contributed by atoms with Gasteiger partial charge >= 0.3 is 0 Å². The molecule has 0 saturated carbocycles. The van der Waals surface area contributed by atoms with Crippen LogP contribution in [-0.4, -0.2) is 35.3 Å². The van der Waals surface area contributed by atoms with Crippen molar-refractivity contribution in [2.45, 2.75) is 45.2 Å². The van der Waals surface area contributed by atoms with E-state index < -0.39 is 17.9 Å². The first-order valence-electron chi connectivity index (χ1n) is 7.40. The molecule has 2 heterocycles. The molecular weight excluding hydrogens is 271 g/mol. The minimum Gasteiger partial charge on any atom is -0.329 e. The maximum absolute atomic E-state index is 14.2. The van der Waals surface area contributed by atoms with Crippen molar-refractivity contribution in [1.29, 1.82) is 0 Å². The zero-order chi connectivity index (χ0) is 15.1. The van der Waals surface area contributed by atoms with E-state index in [2.05, 4.69) is 0 Å². The van der Waals surface area contributed by atoms with Crippen molar-refractivity contribution in [1.82, 2.24) is 4.90 Å². The minimum atomic E-state index is -0.649. The summed E-state index contributed by atoms with van der Waals surface area (Å²) in [5.41, 5.74) is 0.996. The summed E-state index contributed by atoms with van der Waals surface area (Å²) in [5.74, 6) is -0.698. The van der Waals surface area contributed by atoms with Gasteiger partial charge in [0.1, 0.15) is 17.9 Å². The number of piperazine rings is 1. The Bertz CT molecular complexity index is 602. The van der Waals surface area contributed by atoms with E-state index in [0.717, 1.165) is 18.4 Å². The number of amides is 2. The summed E-state index contributed by atoms with van der Waals surface area (Å²) in [6.07, 6.45) is 2.53. The molecule has 2 aliphatic rings. The summed E-state index contributed by atoms with van der Waals surface area (Å²) in [4.78, 5) is 28.2. The first-order chi connectivity index (χ1) is 10.0. The van der Waals surface area contributed by atoms with Gasteiger partial charge in [-0.2, -0.15) is 0 Å². The third-order valence-corrected chi connectivity index (χ3v) is 4.42. The molecule has 2 unspecified atom stereocenters.